The lowest BCUT2D eigenvalue weighted by Crippen LogP contribution is -2.45. The van der Waals surface area contributed by atoms with Crippen LogP contribution < -0.4 is 4.72 Å². The minimum atomic E-state index is -3.67. The standard InChI is InChI=1S/C13H19N3O3S/c1-3-13(2,6-8-17)16-20(18,19)11-9-15-12-10(11)5-4-7-14-12/h4-5,7,9,16-17H,3,6,8H2,1-2H3,(H,14,15). The number of fused-ring (bicyclic) bond motifs is 1. The Morgan fingerprint density at radius 2 is 2.25 bits per heavy atom. The number of sulfonamides is 1. The molecular formula is C13H19N3O3S. The second kappa shape index (κ2) is 5.51. The number of aromatic nitrogens is 2. The molecule has 7 heteroatoms. The summed E-state index contributed by atoms with van der Waals surface area (Å²) in [6, 6.07) is 3.41. The molecule has 0 spiro atoms. The van der Waals surface area contributed by atoms with Gasteiger partial charge in [0.25, 0.3) is 0 Å². The van der Waals surface area contributed by atoms with Crippen LogP contribution in [0.4, 0.5) is 0 Å². The summed E-state index contributed by atoms with van der Waals surface area (Å²) in [5, 5.41) is 9.64. The van der Waals surface area contributed by atoms with E-state index in [1.54, 1.807) is 25.3 Å². The second-order valence-electron chi connectivity index (χ2n) is 5.05. The first-order valence-corrected chi connectivity index (χ1v) is 7.97. The molecule has 2 rings (SSSR count). The van der Waals surface area contributed by atoms with Crippen molar-refractivity contribution < 1.29 is 13.5 Å². The van der Waals surface area contributed by atoms with E-state index in [-0.39, 0.29) is 11.5 Å². The molecule has 0 saturated heterocycles. The molecular weight excluding hydrogens is 278 g/mol. The second-order valence-corrected chi connectivity index (χ2v) is 6.70. The normalized spacial score (nSPS) is 15.3. The number of aromatic amines is 1. The van der Waals surface area contributed by atoms with Gasteiger partial charge in [0.2, 0.25) is 10.0 Å². The average Bonchev–Trinajstić information content (AvgIpc) is 2.83. The Morgan fingerprint density at radius 1 is 1.50 bits per heavy atom. The Morgan fingerprint density at radius 3 is 2.90 bits per heavy atom. The molecule has 0 aromatic carbocycles. The lowest BCUT2D eigenvalue weighted by molar-refractivity contribution is 0.233. The van der Waals surface area contributed by atoms with Gasteiger partial charge in [-0.3, -0.25) is 0 Å². The fourth-order valence-electron chi connectivity index (χ4n) is 2.08. The number of nitrogens with zero attached hydrogens (tertiary/aromatic N) is 1. The van der Waals surface area contributed by atoms with Crippen LogP contribution in [-0.2, 0) is 10.0 Å². The highest BCUT2D eigenvalue weighted by atomic mass is 32.2. The number of aliphatic hydroxyl groups excluding tert-OH is 1. The van der Waals surface area contributed by atoms with Crippen molar-refractivity contribution in [3.05, 3.63) is 24.5 Å². The lowest BCUT2D eigenvalue weighted by Gasteiger charge is -2.28. The molecule has 0 bridgehead atoms. The Balaban J connectivity index is 2.40. The molecule has 20 heavy (non-hydrogen) atoms. The summed E-state index contributed by atoms with van der Waals surface area (Å²) < 4.78 is 27.7. The fourth-order valence-corrected chi connectivity index (χ4v) is 3.75. The summed E-state index contributed by atoms with van der Waals surface area (Å²) >= 11 is 0. The van der Waals surface area contributed by atoms with Crippen molar-refractivity contribution in [1.29, 1.82) is 0 Å². The highest BCUT2D eigenvalue weighted by Gasteiger charge is 2.30. The zero-order valence-electron chi connectivity index (χ0n) is 11.5. The van der Waals surface area contributed by atoms with Gasteiger partial charge in [-0.05, 0) is 31.9 Å². The van der Waals surface area contributed by atoms with E-state index in [1.807, 2.05) is 6.92 Å². The maximum absolute atomic E-state index is 12.5. The van der Waals surface area contributed by atoms with Crippen LogP contribution in [0.5, 0.6) is 0 Å². The van der Waals surface area contributed by atoms with Gasteiger partial charge in [-0.2, -0.15) is 0 Å². The topological polar surface area (TPSA) is 95.1 Å². The molecule has 2 aromatic heterocycles. The van der Waals surface area contributed by atoms with Gasteiger partial charge in [0, 0.05) is 29.9 Å². The molecule has 0 amide bonds. The van der Waals surface area contributed by atoms with Gasteiger partial charge >= 0.3 is 0 Å². The molecule has 110 valence electrons. The van der Waals surface area contributed by atoms with Gasteiger partial charge < -0.3 is 10.1 Å². The van der Waals surface area contributed by atoms with Gasteiger partial charge in [-0.15, -0.1) is 0 Å². The zero-order chi connectivity index (χ0) is 14.8. The van der Waals surface area contributed by atoms with E-state index < -0.39 is 15.6 Å². The first-order valence-electron chi connectivity index (χ1n) is 6.49. The van der Waals surface area contributed by atoms with Crippen LogP contribution in [0.2, 0.25) is 0 Å². The van der Waals surface area contributed by atoms with Crippen LogP contribution in [-0.4, -0.2) is 35.6 Å². The molecule has 0 aliphatic rings. The maximum atomic E-state index is 12.5. The SMILES string of the molecule is CCC(C)(CCO)NS(=O)(=O)c1c[nH]c2ncccc12. The molecule has 0 radical (unpaired) electrons. The third kappa shape index (κ3) is 2.84. The quantitative estimate of drug-likeness (QED) is 0.751. The molecule has 0 saturated carbocycles. The van der Waals surface area contributed by atoms with Crippen molar-refractivity contribution in [3.63, 3.8) is 0 Å². The third-order valence-electron chi connectivity index (χ3n) is 3.53. The van der Waals surface area contributed by atoms with Crippen molar-refractivity contribution >= 4 is 21.1 Å². The number of aliphatic hydroxyl groups is 1. The van der Waals surface area contributed by atoms with E-state index in [4.69, 9.17) is 5.11 Å². The highest BCUT2D eigenvalue weighted by Crippen LogP contribution is 2.24. The summed E-state index contributed by atoms with van der Waals surface area (Å²) in [6.07, 6.45) is 4.00. The van der Waals surface area contributed by atoms with E-state index in [1.165, 1.54) is 6.20 Å². The summed E-state index contributed by atoms with van der Waals surface area (Å²) in [7, 11) is -3.67. The average molecular weight is 297 g/mol. The number of rotatable bonds is 6. The summed E-state index contributed by atoms with van der Waals surface area (Å²) in [5.74, 6) is 0. The number of H-pyrrole nitrogens is 1. The minimum absolute atomic E-state index is 0.0672. The lowest BCUT2D eigenvalue weighted by atomic mass is 9.97. The van der Waals surface area contributed by atoms with Crippen molar-refractivity contribution in [1.82, 2.24) is 14.7 Å². The molecule has 1 unspecified atom stereocenters. The molecule has 3 N–H and O–H groups in total. The van der Waals surface area contributed by atoms with E-state index in [0.717, 1.165) is 0 Å². The van der Waals surface area contributed by atoms with Crippen LogP contribution in [0.25, 0.3) is 11.0 Å². The summed E-state index contributed by atoms with van der Waals surface area (Å²) in [6.45, 7) is 3.60. The number of pyridine rings is 1. The highest BCUT2D eigenvalue weighted by molar-refractivity contribution is 7.89. The van der Waals surface area contributed by atoms with E-state index in [0.29, 0.717) is 23.9 Å². The molecule has 6 nitrogen and oxygen atoms in total. The predicted octanol–water partition coefficient (Wildman–Crippen LogP) is 1.39. The van der Waals surface area contributed by atoms with Crippen molar-refractivity contribution in [2.75, 3.05) is 6.61 Å². The molecule has 0 fully saturated rings. The Labute approximate surface area is 118 Å². The molecule has 1 atom stereocenters. The number of nitrogens with one attached hydrogen (secondary N) is 2. The van der Waals surface area contributed by atoms with Gasteiger partial charge in [-0.25, -0.2) is 18.1 Å². The number of hydrogen-bond donors (Lipinski definition) is 3. The predicted molar refractivity (Wildman–Crippen MR) is 76.8 cm³/mol. The van der Waals surface area contributed by atoms with Crippen LogP contribution in [0.15, 0.2) is 29.4 Å². The van der Waals surface area contributed by atoms with Gasteiger partial charge in [0.1, 0.15) is 10.5 Å². The summed E-state index contributed by atoms with van der Waals surface area (Å²) in [5.41, 5.74) is -0.132. The van der Waals surface area contributed by atoms with Crippen molar-refractivity contribution in [2.24, 2.45) is 0 Å². The van der Waals surface area contributed by atoms with Crippen LogP contribution in [0, 0.1) is 0 Å². The van der Waals surface area contributed by atoms with Crippen LogP contribution >= 0.6 is 0 Å². The van der Waals surface area contributed by atoms with Gasteiger partial charge in [0.05, 0.1) is 0 Å². The molecule has 0 aliphatic carbocycles. The Bertz CT molecular complexity index is 696. The third-order valence-corrected chi connectivity index (χ3v) is 5.21. The summed E-state index contributed by atoms with van der Waals surface area (Å²) in [4.78, 5) is 7.11. The van der Waals surface area contributed by atoms with Crippen LogP contribution in [0.1, 0.15) is 26.7 Å². The fraction of sp³-hybridized carbons (Fsp3) is 0.462. The van der Waals surface area contributed by atoms with Gasteiger partial charge in [-0.1, -0.05) is 6.92 Å². The molecule has 2 aromatic rings. The molecule has 2 heterocycles. The van der Waals surface area contributed by atoms with Gasteiger partial charge in [0.15, 0.2) is 0 Å². The largest absolute Gasteiger partial charge is 0.396 e. The Hall–Kier alpha value is -1.44. The zero-order valence-corrected chi connectivity index (χ0v) is 12.4. The minimum Gasteiger partial charge on any atom is -0.396 e. The van der Waals surface area contributed by atoms with Crippen molar-refractivity contribution in [2.45, 2.75) is 37.1 Å². The van der Waals surface area contributed by atoms with Crippen molar-refractivity contribution in [3.8, 4) is 0 Å². The smallest absolute Gasteiger partial charge is 0.243 e. The van der Waals surface area contributed by atoms with Crippen LogP contribution in [0.3, 0.4) is 0 Å². The maximum Gasteiger partial charge on any atom is 0.243 e. The van der Waals surface area contributed by atoms with E-state index in [2.05, 4.69) is 14.7 Å². The Kier molecular flexibility index (Phi) is 4.12. The number of hydrogen-bond acceptors (Lipinski definition) is 4. The van der Waals surface area contributed by atoms with E-state index in [9.17, 15) is 8.42 Å². The first-order chi connectivity index (χ1) is 9.42. The first kappa shape index (κ1) is 15.0. The molecule has 0 aliphatic heterocycles. The van der Waals surface area contributed by atoms with E-state index >= 15 is 0 Å². The monoisotopic (exact) mass is 297 g/mol.